The van der Waals surface area contributed by atoms with Crippen LogP contribution in [-0.2, 0) is 16.0 Å². The van der Waals surface area contributed by atoms with E-state index < -0.39 is 5.97 Å². The van der Waals surface area contributed by atoms with Crippen LogP contribution in [0, 0.1) is 11.3 Å². The number of methoxy groups -OCH3 is 1. The van der Waals surface area contributed by atoms with Crippen LogP contribution >= 0.6 is 0 Å². The highest BCUT2D eigenvalue weighted by Gasteiger charge is 2.25. The van der Waals surface area contributed by atoms with Gasteiger partial charge in [-0.05, 0) is 48.7 Å². The largest absolute Gasteiger partial charge is 0.465 e. The quantitative estimate of drug-likeness (QED) is 0.331. The third-order valence-electron chi connectivity index (χ3n) is 6.83. The smallest absolute Gasteiger partial charge is 0.337 e. The maximum Gasteiger partial charge on any atom is 0.337 e. The summed E-state index contributed by atoms with van der Waals surface area (Å²) in [7, 11) is 1.33. The highest BCUT2D eigenvalue weighted by molar-refractivity contribution is 5.89. The number of benzene rings is 2. The molecular weight excluding hydrogens is 486 g/mol. The van der Waals surface area contributed by atoms with E-state index >= 15 is 0 Å². The van der Waals surface area contributed by atoms with E-state index in [1.165, 1.54) is 7.11 Å². The number of nitriles is 1. The molecule has 190 valence electrons. The third kappa shape index (κ3) is 4.01. The number of ether oxygens (including phenoxy) is 2. The third-order valence-corrected chi connectivity index (χ3v) is 6.83. The summed E-state index contributed by atoms with van der Waals surface area (Å²) in [6.07, 6.45) is 4.63. The molecule has 2 aromatic carbocycles. The van der Waals surface area contributed by atoms with E-state index in [9.17, 15) is 14.9 Å². The van der Waals surface area contributed by atoms with Crippen molar-refractivity contribution in [3.05, 3.63) is 82.2 Å². The van der Waals surface area contributed by atoms with Crippen molar-refractivity contribution in [2.75, 3.05) is 20.3 Å². The fraction of sp³-hybridized carbons (Fsp3) is 0.259. The summed E-state index contributed by atoms with van der Waals surface area (Å²) in [6.45, 7) is 1.36. The molecule has 1 aliphatic heterocycles. The number of rotatable bonds is 5. The average molecular weight is 510 g/mol. The second kappa shape index (κ2) is 9.57. The van der Waals surface area contributed by atoms with Crippen LogP contribution in [0.1, 0.15) is 40.4 Å². The molecule has 0 N–H and O–H groups in total. The van der Waals surface area contributed by atoms with Gasteiger partial charge in [0, 0.05) is 19.3 Å². The van der Waals surface area contributed by atoms with Gasteiger partial charge in [0.1, 0.15) is 11.8 Å². The van der Waals surface area contributed by atoms with Crippen molar-refractivity contribution in [2.24, 2.45) is 0 Å². The molecule has 5 aromatic rings. The van der Waals surface area contributed by atoms with Crippen LogP contribution in [0.3, 0.4) is 0 Å². The minimum Gasteiger partial charge on any atom is -0.465 e. The SMILES string of the molecule is COC(=O)c1cccc(Cn2c(=O)n(C3CCOCC3)c3nc(-n4cnc5ccc(C#N)cc54)ncc32)c1. The molecule has 1 saturated heterocycles. The Morgan fingerprint density at radius 2 is 2.00 bits per heavy atom. The molecule has 11 nitrogen and oxygen atoms in total. The van der Waals surface area contributed by atoms with Crippen LogP contribution < -0.4 is 5.69 Å². The van der Waals surface area contributed by atoms with Crippen molar-refractivity contribution >= 4 is 28.2 Å². The first-order chi connectivity index (χ1) is 18.6. The fourth-order valence-corrected chi connectivity index (χ4v) is 4.92. The number of carbonyl (C=O) groups is 1. The molecule has 0 bridgehead atoms. The van der Waals surface area contributed by atoms with Crippen LogP contribution in [0.5, 0.6) is 0 Å². The zero-order chi connectivity index (χ0) is 26.2. The van der Waals surface area contributed by atoms with Gasteiger partial charge in [-0.15, -0.1) is 0 Å². The Balaban J connectivity index is 1.50. The van der Waals surface area contributed by atoms with Gasteiger partial charge in [0.15, 0.2) is 5.65 Å². The summed E-state index contributed by atoms with van der Waals surface area (Å²) < 4.78 is 15.5. The van der Waals surface area contributed by atoms with Crippen LogP contribution in [0.25, 0.3) is 28.1 Å². The second-order valence-electron chi connectivity index (χ2n) is 9.08. The van der Waals surface area contributed by atoms with E-state index in [2.05, 4.69) is 16.0 Å². The lowest BCUT2D eigenvalue weighted by molar-refractivity contribution is 0.0600. The first-order valence-electron chi connectivity index (χ1n) is 12.2. The molecular formula is C27H23N7O4. The van der Waals surface area contributed by atoms with Crippen LogP contribution in [0.4, 0.5) is 0 Å². The second-order valence-corrected chi connectivity index (χ2v) is 9.08. The van der Waals surface area contributed by atoms with Gasteiger partial charge in [-0.25, -0.2) is 19.6 Å². The predicted molar refractivity (Wildman–Crippen MR) is 137 cm³/mol. The van der Waals surface area contributed by atoms with Gasteiger partial charge in [0.2, 0.25) is 5.95 Å². The molecule has 0 atom stereocenters. The summed E-state index contributed by atoms with van der Waals surface area (Å²) in [6, 6.07) is 14.3. The summed E-state index contributed by atoms with van der Waals surface area (Å²) in [5, 5.41) is 9.35. The van der Waals surface area contributed by atoms with E-state index in [1.54, 1.807) is 62.6 Å². The Hall–Kier alpha value is -4.82. The molecule has 0 unspecified atom stereocenters. The number of nitrogens with zero attached hydrogens (tertiary/aromatic N) is 7. The molecule has 6 rings (SSSR count). The number of aromatic nitrogens is 6. The van der Waals surface area contributed by atoms with Gasteiger partial charge in [-0.1, -0.05) is 12.1 Å². The summed E-state index contributed by atoms with van der Waals surface area (Å²) in [5.74, 6) is -0.0929. The Kier molecular flexibility index (Phi) is 5.94. The van der Waals surface area contributed by atoms with Crippen molar-refractivity contribution in [1.82, 2.24) is 28.7 Å². The van der Waals surface area contributed by atoms with E-state index in [0.717, 1.165) is 5.56 Å². The maximum absolute atomic E-state index is 13.8. The van der Waals surface area contributed by atoms with E-state index in [4.69, 9.17) is 14.5 Å². The van der Waals surface area contributed by atoms with Gasteiger partial charge in [-0.2, -0.15) is 10.2 Å². The van der Waals surface area contributed by atoms with Gasteiger partial charge in [-0.3, -0.25) is 13.7 Å². The van der Waals surface area contributed by atoms with Crippen molar-refractivity contribution < 1.29 is 14.3 Å². The predicted octanol–water partition coefficient (Wildman–Crippen LogP) is 2.99. The lowest BCUT2D eigenvalue weighted by Crippen LogP contribution is -2.31. The number of imidazole rings is 2. The van der Waals surface area contributed by atoms with Gasteiger partial charge in [0.05, 0.1) is 48.1 Å². The normalized spacial score (nSPS) is 14.1. The van der Waals surface area contributed by atoms with Crippen molar-refractivity contribution in [2.45, 2.75) is 25.4 Å². The van der Waals surface area contributed by atoms with E-state index in [-0.39, 0.29) is 18.3 Å². The standard InChI is InChI=1S/C27H23N7O4/c1-37-25(35)19-4-2-3-18(11-19)15-32-23-14-29-26(33-16-30-21-6-5-17(13-28)12-22(21)33)31-24(23)34(27(32)36)20-7-9-38-10-8-20/h2-6,11-12,14,16,20H,7-10,15H2,1H3. The van der Waals surface area contributed by atoms with Gasteiger partial charge in [0.25, 0.3) is 0 Å². The topological polar surface area (TPSA) is 130 Å². The Morgan fingerprint density at radius 1 is 1.16 bits per heavy atom. The molecule has 1 fully saturated rings. The summed E-state index contributed by atoms with van der Waals surface area (Å²) >= 11 is 0. The molecule has 0 radical (unpaired) electrons. The van der Waals surface area contributed by atoms with E-state index in [0.29, 0.717) is 65.3 Å². The molecule has 38 heavy (non-hydrogen) atoms. The van der Waals surface area contributed by atoms with Crippen molar-refractivity contribution in [1.29, 1.82) is 5.26 Å². The molecule has 4 heterocycles. The average Bonchev–Trinajstić information content (AvgIpc) is 3.50. The molecule has 0 spiro atoms. The molecule has 3 aromatic heterocycles. The number of carbonyl (C=O) groups excluding carboxylic acids is 1. The number of fused-ring (bicyclic) bond motifs is 2. The Labute approximate surface area is 216 Å². The Bertz CT molecular complexity index is 1790. The zero-order valence-electron chi connectivity index (χ0n) is 20.6. The summed E-state index contributed by atoms with van der Waals surface area (Å²) in [5.41, 5.74) is 3.97. The molecule has 0 aliphatic carbocycles. The fourth-order valence-electron chi connectivity index (χ4n) is 4.92. The molecule has 1 aliphatic rings. The van der Waals surface area contributed by atoms with Gasteiger partial charge < -0.3 is 9.47 Å². The monoisotopic (exact) mass is 509 g/mol. The molecule has 0 amide bonds. The zero-order valence-corrected chi connectivity index (χ0v) is 20.6. The minimum absolute atomic E-state index is 0.0751. The first kappa shape index (κ1) is 23.6. The van der Waals surface area contributed by atoms with Crippen LogP contribution in [-0.4, -0.2) is 54.9 Å². The number of hydrogen-bond donors (Lipinski definition) is 0. The first-order valence-corrected chi connectivity index (χ1v) is 12.2. The maximum atomic E-state index is 13.8. The van der Waals surface area contributed by atoms with Crippen molar-refractivity contribution in [3.63, 3.8) is 0 Å². The highest BCUT2D eigenvalue weighted by atomic mass is 16.5. The van der Waals surface area contributed by atoms with E-state index in [1.807, 2.05) is 6.07 Å². The summed E-state index contributed by atoms with van der Waals surface area (Å²) in [4.78, 5) is 39.7. The van der Waals surface area contributed by atoms with Crippen LogP contribution in [0.2, 0.25) is 0 Å². The molecule has 11 heteroatoms. The number of esters is 1. The van der Waals surface area contributed by atoms with Crippen molar-refractivity contribution in [3.8, 4) is 12.0 Å². The lowest BCUT2D eigenvalue weighted by atomic mass is 10.1. The minimum atomic E-state index is -0.441. The number of hydrogen-bond acceptors (Lipinski definition) is 8. The Morgan fingerprint density at radius 3 is 2.79 bits per heavy atom. The lowest BCUT2D eigenvalue weighted by Gasteiger charge is -2.22. The molecule has 0 saturated carbocycles. The van der Waals surface area contributed by atoms with Gasteiger partial charge >= 0.3 is 11.7 Å². The highest BCUT2D eigenvalue weighted by Crippen LogP contribution is 2.25. The van der Waals surface area contributed by atoms with Crippen LogP contribution in [0.15, 0.2) is 59.8 Å².